The fourth-order valence-electron chi connectivity index (χ4n) is 1.40. The highest BCUT2D eigenvalue weighted by Crippen LogP contribution is 2.31. The molecule has 2 aliphatic rings. The van der Waals surface area contributed by atoms with Crippen LogP contribution in [0.5, 0.6) is 0 Å². The largest absolute Gasteiger partial charge is 0.462 e. The molecule has 0 aliphatic carbocycles. The Bertz CT molecular complexity index is 528. The van der Waals surface area contributed by atoms with E-state index in [1.165, 1.54) is 24.7 Å². The molecule has 84 valence electrons. The number of rotatable bonds is 3. The van der Waals surface area contributed by atoms with E-state index in [9.17, 15) is 8.42 Å². The quantitative estimate of drug-likeness (QED) is 0.707. The molecule has 0 N–H and O–H groups in total. The number of allylic oxidation sites excluding steroid dienone is 3. The first-order valence-corrected chi connectivity index (χ1v) is 6.16. The molecule has 0 aromatic carbocycles. The van der Waals surface area contributed by atoms with Crippen molar-refractivity contribution < 1.29 is 17.9 Å². The Labute approximate surface area is 93.8 Å². The van der Waals surface area contributed by atoms with Crippen LogP contribution in [-0.4, -0.2) is 8.42 Å². The SMILES string of the molecule is C=CCC1=C(C2=CC=CS2(=O)=O)OC=CO1. The average Bonchev–Trinajstić information content (AvgIpc) is 2.59. The Balaban J connectivity index is 2.42. The maximum atomic E-state index is 11.6. The van der Waals surface area contributed by atoms with Gasteiger partial charge in [-0.2, -0.15) is 0 Å². The van der Waals surface area contributed by atoms with E-state index in [1.807, 2.05) is 0 Å². The normalized spacial score (nSPS) is 21.4. The zero-order chi connectivity index (χ0) is 11.6. The van der Waals surface area contributed by atoms with E-state index in [0.29, 0.717) is 12.2 Å². The Kier molecular flexibility index (Phi) is 2.70. The molecule has 0 spiro atoms. The van der Waals surface area contributed by atoms with Crippen LogP contribution in [0, 0.1) is 0 Å². The lowest BCUT2D eigenvalue weighted by molar-refractivity contribution is 0.231. The van der Waals surface area contributed by atoms with Gasteiger partial charge in [0, 0.05) is 11.8 Å². The molecule has 4 nitrogen and oxygen atoms in total. The summed E-state index contributed by atoms with van der Waals surface area (Å²) in [7, 11) is -3.39. The third-order valence-corrected chi connectivity index (χ3v) is 3.52. The number of sulfone groups is 1. The van der Waals surface area contributed by atoms with Crippen molar-refractivity contribution >= 4 is 9.84 Å². The topological polar surface area (TPSA) is 52.6 Å². The van der Waals surface area contributed by atoms with Crippen molar-refractivity contribution in [3.63, 3.8) is 0 Å². The Morgan fingerprint density at radius 2 is 2.06 bits per heavy atom. The first-order chi connectivity index (χ1) is 7.65. The maximum absolute atomic E-state index is 11.6. The Morgan fingerprint density at radius 1 is 1.31 bits per heavy atom. The molecule has 2 aliphatic heterocycles. The van der Waals surface area contributed by atoms with Gasteiger partial charge in [0.05, 0.1) is 0 Å². The smallest absolute Gasteiger partial charge is 0.203 e. The summed E-state index contributed by atoms with van der Waals surface area (Å²) in [4.78, 5) is 0.119. The first-order valence-electron chi connectivity index (χ1n) is 4.61. The van der Waals surface area contributed by atoms with Crippen LogP contribution >= 0.6 is 0 Å². The van der Waals surface area contributed by atoms with Gasteiger partial charge in [-0.15, -0.1) is 6.58 Å². The van der Waals surface area contributed by atoms with Gasteiger partial charge >= 0.3 is 0 Å². The highest BCUT2D eigenvalue weighted by atomic mass is 32.2. The zero-order valence-electron chi connectivity index (χ0n) is 8.42. The molecule has 0 aromatic rings. The van der Waals surface area contributed by atoms with Crippen molar-refractivity contribution in [2.24, 2.45) is 0 Å². The van der Waals surface area contributed by atoms with Gasteiger partial charge in [-0.25, -0.2) is 8.42 Å². The van der Waals surface area contributed by atoms with E-state index in [4.69, 9.17) is 9.47 Å². The molecule has 0 radical (unpaired) electrons. The summed E-state index contributed by atoms with van der Waals surface area (Å²) in [6.45, 7) is 3.57. The van der Waals surface area contributed by atoms with E-state index in [2.05, 4.69) is 6.58 Å². The van der Waals surface area contributed by atoms with E-state index in [1.54, 1.807) is 6.08 Å². The number of ether oxygens (including phenoxy) is 2. The summed E-state index contributed by atoms with van der Waals surface area (Å²) in [6, 6.07) is 0. The van der Waals surface area contributed by atoms with Gasteiger partial charge in [0.2, 0.25) is 9.84 Å². The van der Waals surface area contributed by atoms with Crippen LogP contribution < -0.4 is 0 Å². The molecule has 0 unspecified atom stereocenters. The second kappa shape index (κ2) is 4.02. The third-order valence-electron chi connectivity index (χ3n) is 2.07. The molecule has 0 fully saturated rings. The van der Waals surface area contributed by atoms with Crippen LogP contribution in [0.25, 0.3) is 0 Å². The van der Waals surface area contributed by atoms with Gasteiger partial charge in [-0.1, -0.05) is 6.08 Å². The standard InChI is InChI=1S/C11H10O4S/c1-2-4-9-11(15-7-6-14-9)10-5-3-8-16(10,12)13/h2-3,5-8H,1,4H2. The molecule has 0 saturated carbocycles. The van der Waals surface area contributed by atoms with Gasteiger partial charge in [-0.05, 0) is 12.2 Å². The molecular formula is C11H10O4S. The van der Waals surface area contributed by atoms with E-state index < -0.39 is 9.84 Å². The van der Waals surface area contributed by atoms with Crippen LogP contribution in [0.1, 0.15) is 6.42 Å². The second-order valence-corrected chi connectivity index (χ2v) is 4.96. The van der Waals surface area contributed by atoms with Crippen molar-refractivity contribution in [2.75, 3.05) is 0 Å². The van der Waals surface area contributed by atoms with Gasteiger partial charge in [0.1, 0.15) is 17.4 Å². The lowest BCUT2D eigenvalue weighted by Crippen LogP contribution is -2.07. The maximum Gasteiger partial charge on any atom is 0.203 e. The molecule has 5 heteroatoms. The van der Waals surface area contributed by atoms with Gasteiger partial charge < -0.3 is 9.47 Å². The molecule has 0 aromatic heterocycles. The minimum atomic E-state index is -3.39. The predicted octanol–water partition coefficient (Wildman–Crippen LogP) is 2.12. The third kappa shape index (κ3) is 1.81. The summed E-state index contributed by atoms with van der Waals surface area (Å²) in [6.07, 6.45) is 7.63. The van der Waals surface area contributed by atoms with Crippen LogP contribution in [0.4, 0.5) is 0 Å². The van der Waals surface area contributed by atoms with Crippen LogP contribution in [-0.2, 0) is 19.3 Å². The minimum Gasteiger partial charge on any atom is -0.462 e. The molecule has 0 amide bonds. The zero-order valence-corrected chi connectivity index (χ0v) is 9.24. The van der Waals surface area contributed by atoms with Crippen molar-refractivity contribution in [1.82, 2.24) is 0 Å². The van der Waals surface area contributed by atoms with Crippen LogP contribution in [0.3, 0.4) is 0 Å². The van der Waals surface area contributed by atoms with Crippen LogP contribution in [0.15, 0.2) is 59.2 Å². The van der Waals surface area contributed by atoms with Crippen molar-refractivity contribution in [3.05, 3.63) is 59.2 Å². The molecule has 16 heavy (non-hydrogen) atoms. The summed E-state index contributed by atoms with van der Waals surface area (Å²) in [5.74, 6) is 0.670. The summed E-state index contributed by atoms with van der Waals surface area (Å²) in [5.41, 5.74) is 0. The average molecular weight is 238 g/mol. The highest BCUT2D eigenvalue weighted by Gasteiger charge is 2.27. The van der Waals surface area contributed by atoms with Crippen molar-refractivity contribution in [3.8, 4) is 0 Å². The molecule has 0 saturated heterocycles. The van der Waals surface area contributed by atoms with Gasteiger partial charge in [-0.3, -0.25) is 0 Å². The lowest BCUT2D eigenvalue weighted by atomic mass is 10.2. The summed E-state index contributed by atoms with van der Waals surface area (Å²) >= 11 is 0. The summed E-state index contributed by atoms with van der Waals surface area (Å²) in [5, 5.41) is 1.13. The molecule has 2 heterocycles. The monoisotopic (exact) mass is 238 g/mol. The Hall–Kier alpha value is -1.75. The first kappa shape index (κ1) is 10.8. The van der Waals surface area contributed by atoms with E-state index >= 15 is 0 Å². The van der Waals surface area contributed by atoms with Gasteiger partial charge in [0.25, 0.3) is 0 Å². The number of hydrogen-bond acceptors (Lipinski definition) is 4. The van der Waals surface area contributed by atoms with Crippen LogP contribution in [0.2, 0.25) is 0 Å². The van der Waals surface area contributed by atoms with E-state index in [-0.39, 0.29) is 10.7 Å². The van der Waals surface area contributed by atoms with Crippen molar-refractivity contribution in [1.29, 1.82) is 0 Å². The molecule has 0 atom stereocenters. The fourth-order valence-corrected chi connectivity index (χ4v) is 2.52. The lowest BCUT2D eigenvalue weighted by Gasteiger charge is -2.16. The molecule has 0 bridgehead atoms. The Morgan fingerprint density at radius 3 is 2.69 bits per heavy atom. The predicted molar refractivity (Wildman–Crippen MR) is 59.3 cm³/mol. The second-order valence-electron chi connectivity index (χ2n) is 3.16. The fraction of sp³-hybridized carbons (Fsp3) is 0.0909. The molecule has 2 rings (SSSR count). The van der Waals surface area contributed by atoms with Gasteiger partial charge in [0.15, 0.2) is 11.5 Å². The molecular weight excluding hydrogens is 228 g/mol. The minimum absolute atomic E-state index is 0.119. The van der Waals surface area contributed by atoms with E-state index in [0.717, 1.165) is 5.41 Å². The summed E-state index contributed by atoms with van der Waals surface area (Å²) < 4.78 is 33.7. The highest BCUT2D eigenvalue weighted by molar-refractivity contribution is 7.98. The number of hydrogen-bond donors (Lipinski definition) is 0. The van der Waals surface area contributed by atoms with Crippen molar-refractivity contribution in [2.45, 2.75) is 6.42 Å².